The lowest BCUT2D eigenvalue weighted by molar-refractivity contribution is -0.118. The molecule has 0 saturated heterocycles. The van der Waals surface area contributed by atoms with Crippen molar-refractivity contribution in [3.63, 3.8) is 0 Å². The molecule has 1 aromatic heterocycles. The Morgan fingerprint density at radius 1 is 0.906 bits per heavy atom. The first-order valence-corrected chi connectivity index (χ1v) is 10.7. The number of nitrogens with zero attached hydrogens (tertiary/aromatic N) is 5. The zero-order chi connectivity index (χ0) is 21.9. The Kier molecular flexibility index (Phi) is 5.37. The van der Waals surface area contributed by atoms with Crippen LogP contribution >= 0.6 is 0 Å². The molecule has 0 aliphatic carbocycles. The third-order valence-corrected chi connectivity index (χ3v) is 5.53. The van der Waals surface area contributed by atoms with Crippen LogP contribution in [0.15, 0.2) is 72.8 Å². The molecule has 7 nitrogen and oxygen atoms in total. The monoisotopic (exact) mass is 425 g/mol. The van der Waals surface area contributed by atoms with Gasteiger partial charge in [-0.05, 0) is 72.5 Å². The fourth-order valence-corrected chi connectivity index (χ4v) is 4.03. The fraction of sp³-hybridized carbons (Fsp3) is 0.200. The SMILES string of the molecule is CCOc1ccc(-c2nnn(CC(=O)N3c4ccccc4CCc4ccccc43)n2)cc1. The summed E-state index contributed by atoms with van der Waals surface area (Å²) in [5.41, 5.74) is 4.94. The highest BCUT2D eigenvalue weighted by Crippen LogP contribution is 2.36. The standard InChI is InChI=1S/C25H23N5O2/c1-2-32-21-15-13-20(14-16-21)25-26-28-29(27-25)17-24(31)30-22-9-5-3-7-18(22)11-12-19-8-4-6-10-23(19)30/h3-10,13-16H,2,11-12,17H2,1H3. The van der Waals surface area contributed by atoms with Crippen LogP contribution in [0, 0.1) is 0 Å². The van der Waals surface area contributed by atoms with E-state index in [1.807, 2.05) is 67.6 Å². The maximum absolute atomic E-state index is 13.5. The number of hydrogen-bond acceptors (Lipinski definition) is 5. The molecule has 1 aliphatic rings. The molecule has 0 fully saturated rings. The Balaban J connectivity index is 1.42. The smallest absolute Gasteiger partial charge is 0.255 e. The maximum Gasteiger partial charge on any atom is 0.255 e. The summed E-state index contributed by atoms with van der Waals surface area (Å²) in [5, 5.41) is 12.7. The van der Waals surface area contributed by atoms with E-state index in [0.29, 0.717) is 12.4 Å². The molecule has 0 bridgehead atoms. The van der Waals surface area contributed by atoms with Gasteiger partial charge in [0.05, 0.1) is 18.0 Å². The van der Waals surface area contributed by atoms with Gasteiger partial charge in [-0.3, -0.25) is 9.69 Å². The van der Waals surface area contributed by atoms with Gasteiger partial charge < -0.3 is 4.74 Å². The van der Waals surface area contributed by atoms with Crippen molar-refractivity contribution < 1.29 is 9.53 Å². The number of aryl methyl sites for hydroxylation is 2. The number of fused-ring (bicyclic) bond motifs is 2. The minimum absolute atomic E-state index is 0.00724. The Hall–Kier alpha value is -4.00. The molecule has 0 unspecified atom stereocenters. The Morgan fingerprint density at radius 3 is 2.16 bits per heavy atom. The summed E-state index contributed by atoms with van der Waals surface area (Å²) in [7, 11) is 0. The van der Waals surface area contributed by atoms with Crippen LogP contribution in [0.4, 0.5) is 11.4 Å². The van der Waals surface area contributed by atoms with Crippen LogP contribution in [0.3, 0.4) is 0 Å². The summed E-state index contributed by atoms with van der Waals surface area (Å²) in [6.07, 6.45) is 1.78. The van der Waals surface area contributed by atoms with Crippen LogP contribution in [-0.4, -0.2) is 32.7 Å². The van der Waals surface area contributed by atoms with Gasteiger partial charge in [-0.2, -0.15) is 4.80 Å². The molecular formula is C25H23N5O2. The highest BCUT2D eigenvalue weighted by atomic mass is 16.5. The molecule has 160 valence electrons. The number of benzene rings is 3. The van der Waals surface area contributed by atoms with E-state index < -0.39 is 0 Å². The van der Waals surface area contributed by atoms with Crippen molar-refractivity contribution in [1.29, 1.82) is 0 Å². The van der Waals surface area contributed by atoms with Crippen molar-refractivity contribution in [1.82, 2.24) is 20.2 Å². The molecule has 0 saturated carbocycles. The van der Waals surface area contributed by atoms with Crippen molar-refractivity contribution in [3.05, 3.63) is 83.9 Å². The lowest BCUT2D eigenvalue weighted by atomic mass is 10.0. The minimum Gasteiger partial charge on any atom is -0.494 e. The number of rotatable bonds is 5. The molecule has 1 amide bonds. The highest BCUT2D eigenvalue weighted by molar-refractivity contribution is 6.02. The number of hydrogen-bond donors (Lipinski definition) is 0. The second kappa shape index (κ2) is 8.63. The number of para-hydroxylation sites is 2. The molecule has 7 heteroatoms. The van der Waals surface area contributed by atoms with Crippen molar-refractivity contribution in [2.45, 2.75) is 26.3 Å². The number of tetrazole rings is 1. The molecule has 3 aromatic carbocycles. The average Bonchev–Trinajstić information content (AvgIpc) is 3.21. The number of amides is 1. The summed E-state index contributed by atoms with van der Waals surface area (Å²) in [4.78, 5) is 16.6. The summed E-state index contributed by atoms with van der Waals surface area (Å²) >= 11 is 0. The van der Waals surface area contributed by atoms with Gasteiger partial charge in [0, 0.05) is 5.56 Å². The van der Waals surface area contributed by atoms with Crippen molar-refractivity contribution in [2.75, 3.05) is 11.5 Å². The number of carbonyl (C=O) groups is 1. The van der Waals surface area contributed by atoms with Crippen LogP contribution in [0.5, 0.6) is 5.75 Å². The fourth-order valence-electron chi connectivity index (χ4n) is 4.03. The normalized spacial score (nSPS) is 12.6. The van der Waals surface area contributed by atoms with Crippen molar-refractivity contribution in [2.24, 2.45) is 0 Å². The van der Waals surface area contributed by atoms with Crippen LogP contribution < -0.4 is 9.64 Å². The Labute approximate surface area is 186 Å². The molecule has 0 atom stereocenters. The van der Waals surface area contributed by atoms with Gasteiger partial charge in [-0.25, -0.2) is 0 Å². The lowest BCUT2D eigenvalue weighted by Gasteiger charge is -2.24. The zero-order valence-electron chi connectivity index (χ0n) is 17.8. The molecular weight excluding hydrogens is 402 g/mol. The van der Waals surface area contributed by atoms with Crippen LogP contribution in [0.2, 0.25) is 0 Å². The largest absolute Gasteiger partial charge is 0.494 e. The summed E-state index contributed by atoms with van der Waals surface area (Å²) in [6, 6.07) is 23.6. The maximum atomic E-state index is 13.5. The number of carbonyl (C=O) groups excluding carboxylic acids is 1. The predicted octanol–water partition coefficient (Wildman–Crippen LogP) is 4.20. The van der Waals surface area contributed by atoms with Gasteiger partial charge >= 0.3 is 0 Å². The lowest BCUT2D eigenvalue weighted by Crippen LogP contribution is -2.31. The molecule has 4 aromatic rings. The minimum atomic E-state index is -0.109. The molecule has 0 N–H and O–H groups in total. The molecule has 0 radical (unpaired) electrons. The Bertz CT molecular complexity index is 1200. The van der Waals surface area contributed by atoms with Crippen molar-refractivity contribution in [3.8, 4) is 17.1 Å². The van der Waals surface area contributed by atoms with Crippen LogP contribution in [0.25, 0.3) is 11.4 Å². The number of ether oxygens (including phenoxy) is 1. The topological polar surface area (TPSA) is 73.1 Å². The molecule has 0 spiro atoms. The van der Waals surface area contributed by atoms with E-state index >= 15 is 0 Å². The second-order valence-electron chi connectivity index (χ2n) is 7.59. The molecule has 5 rings (SSSR count). The van der Waals surface area contributed by atoms with Crippen molar-refractivity contribution >= 4 is 17.3 Å². The van der Waals surface area contributed by atoms with Gasteiger partial charge in [-0.15, -0.1) is 10.2 Å². The first kappa shape index (κ1) is 19.9. The quantitative estimate of drug-likeness (QED) is 0.479. The highest BCUT2D eigenvalue weighted by Gasteiger charge is 2.26. The van der Waals surface area contributed by atoms with E-state index in [2.05, 4.69) is 27.5 Å². The van der Waals surface area contributed by atoms with Crippen LogP contribution in [0.1, 0.15) is 18.1 Å². The van der Waals surface area contributed by atoms with Gasteiger partial charge in [-0.1, -0.05) is 36.4 Å². The van der Waals surface area contributed by atoms with Gasteiger partial charge in [0.15, 0.2) is 0 Å². The second-order valence-corrected chi connectivity index (χ2v) is 7.59. The molecule has 1 aliphatic heterocycles. The van der Waals surface area contributed by atoms with E-state index in [9.17, 15) is 4.79 Å². The van der Waals surface area contributed by atoms with Gasteiger partial charge in [0.25, 0.3) is 5.91 Å². The summed E-state index contributed by atoms with van der Waals surface area (Å²) in [6.45, 7) is 2.55. The first-order valence-electron chi connectivity index (χ1n) is 10.7. The van der Waals surface area contributed by atoms with E-state index in [4.69, 9.17) is 4.74 Å². The number of aromatic nitrogens is 4. The third kappa shape index (κ3) is 3.85. The van der Waals surface area contributed by atoms with E-state index in [1.165, 1.54) is 4.80 Å². The molecule has 2 heterocycles. The van der Waals surface area contributed by atoms with Crippen LogP contribution in [-0.2, 0) is 24.2 Å². The first-order chi connectivity index (χ1) is 15.7. The van der Waals surface area contributed by atoms with E-state index in [0.717, 1.165) is 46.7 Å². The Morgan fingerprint density at radius 2 is 1.53 bits per heavy atom. The predicted molar refractivity (Wildman–Crippen MR) is 122 cm³/mol. The van der Waals surface area contributed by atoms with Gasteiger partial charge in [0.1, 0.15) is 12.3 Å². The summed E-state index contributed by atoms with van der Waals surface area (Å²) in [5.74, 6) is 1.15. The van der Waals surface area contributed by atoms with Gasteiger partial charge in [0.2, 0.25) is 5.82 Å². The number of anilines is 2. The zero-order valence-corrected chi connectivity index (χ0v) is 17.8. The molecule has 32 heavy (non-hydrogen) atoms. The van der Waals surface area contributed by atoms with E-state index in [-0.39, 0.29) is 12.5 Å². The third-order valence-electron chi connectivity index (χ3n) is 5.53. The average molecular weight is 425 g/mol. The van der Waals surface area contributed by atoms with E-state index in [1.54, 1.807) is 4.90 Å². The summed E-state index contributed by atoms with van der Waals surface area (Å²) < 4.78 is 5.48.